The van der Waals surface area contributed by atoms with Crippen LogP contribution >= 0.6 is 11.3 Å². The first-order valence-corrected chi connectivity index (χ1v) is 14.5. The number of fused-ring (bicyclic) bond motifs is 2. The van der Waals surface area contributed by atoms with Crippen molar-refractivity contribution in [3.8, 4) is 0 Å². The zero-order chi connectivity index (χ0) is 22.6. The number of amides is 1. The van der Waals surface area contributed by atoms with Gasteiger partial charge in [0.1, 0.15) is 22.7 Å². The Hall–Kier alpha value is -1.64. The Morgan fingerprint density at radius 1 is 1.34 bits per heavy atom. The van der Waals surface area contributed by atoms with Gasteiger partial charge in [0.15, 0.2) is 10.8 Å². The highest BCUT2D eigenvalue weighted by Gasteiger charge is 2.48. The molecule has 0 spiro atoms. The number of carbonyl (C=O) groups is 1. The van der Waals surface area contributed by atoms with Crippen LogP contribution in [0.1, 0.15) is 44.1 Å². The molecule has 2 saturated carbocycles. The van der Waals surface area contributed by atoms with Gasteiger partial charge >= 0.3 is 0 Å². The van der Waals surface area contributed by atoms with Gasteiger partial charge in [-0.25, -0.2) is 18.6 Å². The van der Waals surface area contributed by atoms with Crippen molar-refractivity contribution in [3.63, 3.8) is 0 Å². The number of thiophene rings is 1. The zero-order valence-corrected chi connectivity index (χ0v) is 19.9. The number of anilines is 1. The number of carbonyl (C=O) groups excluding carboxylic acids is 1. The molecule has 4 aliphatic rings. The van der Waals surface area contributed by atoms with Gasteiger partial charge in [0.25, 0.3) is 5.91 Å². The summed E-state index contributed by atoms with van der Waals surface area (Å²) in [7, 11) is -3.41. The maximum atomic E-state index is 13.4. The average molecular weight is 500 g/mol. The Kier molecular flexibility index (Phi) is 5.75. The quantitative estimate of drug-likeness (QED) is 0.434. The molecular weight excluding hydrogens is 474 g/mol. The lowest BCUT2D eigenvalue weighted by atomic mass is 9.90. The van der Waals surface area contributed by atoms with Gasteiger partial charge in [-0.05, 0) is 30.1 Å². The van der Waals surface area contributed by atoms with Gasteiger partial charge in [-0.3, -0.25) is 9.80 Å². The third-order valence-electron chi connectivity index (χ3n) is 6.44. The standard InChI is InChI=1S/C19H25N5O5S3/c1-32(28,29)20-8-10-9-30-18-16(10)31(27)23-17(21-18)14-15(25)12-6-3-7-13(12)24(19(14)26)22-11-4-2-5-11/h9,11-13,20,22,25H,2-8H2,1H3,(H,21,23). The molecule has 2 fully saturated rings. The normalized spacial score (nSPS) is 28.2. The van der Waals surface area contributed by atoms with E-state index in [-0.39, 0.29) is 47.6 Å². The van der Waals surface area contributed by atoms with Crippen molar-refractivity contribution in [2.24, 2.45) is 10.3 Å². The maximum Gasteiger partial charge on any atom is 0.275 e. The largest absolute Gasteiger partial charge is 0.586 e. The van der Waals surface area contributed by atoms with Crippen molar-refractivity contribution in [2.75, 3.05) is 11.6 Å². The van der Waals surface area contributed by atoms with Crippen molar-refractivity contribution >= 4 is 49.5 Å². The number of aliphatic hydroxyl groups is 1. The summed E-state index contributed by atoms with van der Waals surface area (Å²) in [6.07, 6.45) is 6.73. The van der Waals surface area contributed by atoms with E-state index in [0.717, 1.165) is 44.8 Å². The predicted molar refractivity (Wildman–Crippen MR) is 122 cm³/mol. The summed E-state index contributed by atoms with van der Waals surface area (Å²) >= 11 is -0.584. The number of nitrogens with zero attached hydrogens (tertiary/aromatic N) is 2. The molecule has 174 valence electrons. The summed E-state index contributed by atoms with van der Waals surface area (Å²) in [4.78, 5) is 13.8. The van der Waals surface area contributed by atoms with Crippen LogP contribution in [0.2, 0.25) is 0 Å². The number of amidine groups is 1. The molecule has 1 aromatic heterocycles. The highest BCUT2D eigenvalue weighted by atomic mass is 32.2. The molecule has 3 unspecified atom stereocenters. The summed E-state index contributed by atoms with van der Waals surface area (Å²) in [5, 5.41) is 18.0. The smallest absolute Gasteiger partial charge is 0.275 e. The summed E-state index contributed by atoms with van der Waals surface area (Å²) in [5.41, 5.74) is 3.96. The fourth-order valence-corrected chi connectivity index (χ4v) is 7.27. The lowest BCUT2D eigenvalue weighted by Crippen LogP contribution is -2.59. The Morgan fingerprint density at radius 2 is 2.09 bits per heavy atom. The summed E-state index contributed by atoms with van der Waals surface area (Å²) in [5.74, 6) is -0.438. The van der Waals surface area contributed by atoms with Crippen molar-refractivity contribution in [3.05, 3.63) is 22.3 Å². The first kappa shape index (κ1) is 22.2. The highest BCUT2D eigenvalue weighted by Crippen LogP contribution is 2.42. The van der Waals surface area contributed by atoms with E-state index in [1.54, 1.807) is 10.4 Å². The van der Waals surface area contributed by atoms with Crippen molar-refractivity contribution in [2.45, 2.75) is 62.0 Å². The summed E-state index contributed by atoms with van der Waals surface area (Å²) in [6.45, 7) is -0.00133. The van der Waals surface area contributed by atoms with E-state index in [1.165, 1.54) is 11.3 Å². The first-order chi connectivity index (χ1) is 15.2. The van der Waals surface area contributed by atoms with Crippen LogP contribution in [-0.4, -0.2) is 53.2 Å². The second kappa shape index (κ2) is 8.29. The number of sulfonamides is 1. The Balaban J connectivity index is 1.44. The van der Waals surface area contributed by atoms with Crippen LogP contribution in [0.25, 0.3) is 0 Å². The van der Waals surface area contributed by atoms with Gasteiger partial charge in [0.05, 0.1) is 12.3 Å². The first-order valence-electron chi connectivity index (χ1n) is 10.6. The molecule has 0 radical (unpaired) electrons. The zero-order valence-electron chi connectivity index (χ0n) is 17.5. The maximum absolute atomic E-state index is 13.4. The average Bonchev–Trinajstić information content (AvgIpc) is 3.32. The van der Waals surface area contributed by atoms with Gasteiger partial charge < -0.3 is 15.0 Å². The molecule has 3 atom stereocenters. The molecule has 1 aromatic rings. The molecule has 1 amide bonds. The molecule has 0 saturated heterocycles. The van der Waals surface area contributed by atoms with E-state index in [1.807, 2.05) is 0 Å². The van der Waals surface area contributed by atoms with Crippen molar-refractivity contribution < 1.29 is 22.9 Å². The highest BCUT2D eigenvalue weighted by molar-refractivity contribution is 7.91. The Labute approximate surface area is 193 Å². The lowest BCUT2D eigenvalue weighted by Gasteiger charge is -2.42. The second-order valence-electron chi connectivity index (χ2n) is 8.62. The predicted octanol–water partition coefficient (Wildman–Crippen LogP) is 1.52. The van der Waals surface area contributed by atoms with E-state index in [4.69, 9.17) is 0 Å². The van der Waals surface area contributed by atoms with Gasteiger partial charge in [-0.1, -0.05) is 12.8 Å². The fraction of sp³-hybridized carbons (Fsp3) is 0.579. The summed E-state index contributed by atoms with van der Waals surface area (Å²) in [6, 6.07) is 0.165. The number of hydrazine groups is 1. The topological polar surface area (TPSA) is 146 Å². The van der Waals surface area contributed by atoms with Crippen molar-refractivity contribution in [1.82, 2.24) is 15.2 Å². The Morgan fingerprint density at radius 3 is 2.78 bits per heavy atom. The van der Waals surface area contributed by atoms with Crippen LogP contribution < -0.4 is 15.5 Å². The van der Waals surface area contributed by atoms with Crippen LogP contribution in [0.5, 0.6) is 0 Å². The SMILES string of the molecule is CS(=O)(=O)NCc1csc2c1[S+]([O-])N=C(C1=C(O)C3CCCC3N(NC3CCC3)C1=O)N2. The number of aliphatic hydroxyl groups excluding tert-OH is 1. The summed E-state index contributed by atoms with van der Waals surface area (Å²) < 4.78 is 42.4. The van der Waals surface area contributed by atoms with Gasteiger partial charge in [0, 0.05) is 29.4 Å². The third kappa shape index (κ3) is 3.94. The van der Waals surface area contributed by atoms with Crippen LogP contribution in [0, 0.1) is 5.92 Å². The number of hydrogen-bond acceptors (Lipinski definition) is 9. The van der Waals surface area contributed by atoms with Crippen LogP contribution in [0.3, 0.4) is 0 Å². The second-order valence-corrected chi connectivity index (χ2v) is 12.4. The van der Waals surface area contributed by atoms with E-state index < -0.39 is 21.4 Å². The molecule has 2 aliphatic carbocycles. The minimum Gasteiger partial charge on any atom is -0.586 e. The van der Waals surface area contributed by atoms with Crippen LogP contribution in [0.4, 0.5) is 5.00 Å². The number of hydrogen-bond donors (Lipinski definition) is 4. The Bertz CT molecular complexity index is 1110. The molecule has 0 aromatic carbocycles. The van der Waals surface area contributed by atoms with Crippen LogP contribution in [0.15, 0.2) is 26.0 Å². The fourth-order valence-electron chi connectivity index (χ4n) is 4.60. The van der Waals surface area contributed by atoms with E-state index >= 15 is 0 Å². The monoisotopic (exact) mass is 499 g/mol. The molecule has 32 heavy (non-hydrogen) atoms. The van der Waals surface area contributed by atoms with Gasteiger partial charge in [-0.15, -0.1) is 11.3 Å². The molecule has 10 nitrogen and oxygen atoms in total. The van der Waals surface area contributed by atoms with Crippen molar-refractivity contribution in [1.29, 1.82) is 0 Å². The molecule has 13 heteroatoms. The molecule has 2 aliphatic heterocycles. The molecule has 0 bridgehead atoms. The minimum atomic E-state index is -3.41. The minimum absolute atomic E-state index is 0.00133. The van der Waals surface area contributed by atoms with Gasteiger partial charge in [0.2, 0.25) is 14.9 Å². The lowest BCUT2D eigenvalue weighted by molar-refractivity contribution is -0.137. The molecule has 3 heterocycles. The van der Waals surface area contributed by atoms with E-state index in [0.29, 0.717) is 15.5 Å². The number of rotatable bonds is 6. The molecule has 5 rings (SSSR count). The van der Waals surface area contributed by atoms with Crippen LogP contribution in [-0.2, 0) is 32.7 Å². The number of nitrogens with one attached hydrogen (secondary N) is 3. The molecular formula is C19H25N5O5S3. The van der Waals surface area contributed by atoms with E-state index in [9.17, 15) is 22.9 Å². The van der Waals surface area contributed by atoms with E-state index in [2.05, 4.69) is 19.9 Å². The third-order valence-corrected chi connectivity index (χ3v) is 9.34. The molecule has 4 N–H and O–H groups in total. The van der Waals surface area contributed by atoms with Gasteiger partial charge in [-0.2, -0.15) is 0 Å².